The summed E-state index contributed by atoms with van der Waals surface area (Å²) in [6.45, 7) is 31.0. The summed E-state index contributed by atoms with van der Waals surface area (Å²) in [6, 6.07) is 8.51. The molecule has 0 saturated carbocycles. The van der Waals surface area contributed by atoms with E-state index in [0.717, 1.165) is 24.1 Å². The predicted octanol–water partition coefficient (Wildman–Crippen LogP) is 9.78. The first-order valence-corrected chi connectivity index (χ1v) is 13.5. The van der Waals surface area contributed by atoms with Crippen LogP contribution < -0.4 is 5.56 Å². The smallest absolute Gasteiger partial charge is 0.251 e. The van der Waals surface area contributed by atoms with Gasteiger partial charge in [0.05, 0.1) is 0 Å². The third kappa shape index (κ3) is 13.4. The number of rotatable bonds is 6. The van der Waals surface area contributed by atoms with Crippen LogP contribution in [0.4, 0.5) is 0 Å². The fourth-order valence-electron chi connectivity index (χ4n) is 4.02. The lowest BCUT2D eigenvalue weighted by molar-refractivity contribution is 0.388. The number of hydrogen-bond donors (Lipinski definition) is 1. The molecule has 2 nitrogen and oxygen atoms in total. The van der Waals surface area contributed by atoms with Gasteiger partial charge in [-0.3, -0.25) is 4.79 Å². The lowest BCUT2D eigenvalue weighted by Crippen LogP contribution is -2.27. The Morgan fingerprint density at radius 3 is 1.94 bits per heavy atom. The molecule has 0 amide bonds. The normalized spacial score (nSPS) is 10.1. The number of aromatic nitrogens is 1. The molecule has 2 rings (SSSR count). The highest BCUT2D eigenvalue weighted by atomic mass is 16.1. The molecule has 0 fully saturated rings. The average Bonchev–Trinajstić information content (AvgIpc) is 2.78. The van der Waals surface area contributed by atoms with Gasteiger partial charge in [-0.15, -0.1) is 5.73 Å². The van der Waals surface area contributed by atoms with Crippen LogP contribution in [0.2, 0.25) is 0 Å². The standard InChI is InChI=1S/C22H31NO.C6H10.C3H8.C2H6/c1-14(2)13-22(6,7)20-17(5)11-19(21(24)23-20)12-18-9-8-15(3)10-16(18)4;1-4-6(3)5-2;1-3-2;1-2/h8-11,14H,12-13H2,1-7H3,(H,23,24);1,5H2,2-3H3;3H2,1-2H3;1-2H3. The van der Waals surface area contributed by atoms with Gasteiger partial charge in [0, 0.05) is 23.1 Å². The maximum absolute atomic E-state index is 12.7. The summed E-state index contributed by atoms with van der Waals surface area (Å²) in [5.74, 6) is 0.595. The van der Waals surface area contributed by atoms with E-state index in [4.69, 9.17) is 0 Å². The minimum atomic E-state index is -0.0181. The van der Waals surface area contributed by atoms with Crippen molar-refractivity contribution in [2.24, 2.45) is 5.92 Å². The molecule has 0 aliphatic heterocycles. The number of aromatic amines is 1. The van der Waals surface area contributed by atoms with E-state index < -0.39 is 0 Å². The Bertz CT molecular complexity index is 969. The number of benzene rings is 1. The lowest BCUT2D eigenvalue weighted by atomic mass is 9.79. The predicted molar refractivity (Wildman–Crippen MR) is 159 cm³/mol. The molecule has 0 bridgehead atoms. The minimum absolute atomic E-state index is 0.0181. The largest absolute Gasteiger partial charge is 0.325 e. The van der Waals surface area contributed by atoms with Gasteiger partial charge < -0.3 is 4.98 Å². The Morgan fingerprint density at radius 2 is 1.54 bits per heavy atom. The van der Waals surface area contributed by atoms with Crippen molar-refractivity contribution in [2.75, 3.05) is 0 Å². The van der Waals surface area contributed by atoms with Gasteiger partial charge in [-0.1, -0.05) is 99.1 Å². The summed E-state index contributed by atoms with van der Waals surface area (Å²) >= 11 is 0. The zero-order valence-corrected chi connectivity index (χ0v) is 25.3. The highest BCUT2D eigenvalue weighted by Crippen LogP contribution is 2.31. The first kappa shape index (κ1) is 34.9. The monoisotopic (exact) mass is 481 g/mol. The second-order valence-electron chi connectivity index (χ2n) is 10.3. The summed E-state index contributed by atoms with van der Waals surface area (Å²) in [7, 11) is 0. The molecule has 1 heterocycles. The molecule has 2 heteroatoms. The number of nitrogens with one attached hydrogen (secondary N) is 1. The summed E-state index contributed by atoms with van der Waals surface area (Å²) in [4.78, 5) is 15.8. The fourth-order valence-corrected chi connectivity index (χ4v) is 4.02. The average molecular weight is 482 g/mol. The van der Waals surface area contributed by atoms with Gasteiger partial charge in [0.15, 0.2) is 0 Å². The Kier molecular flexibility index (Phi) is 18.0. The van der Waals surface area contributed by atoms with Crippen LogP contribution in [0.5, 0.6) is 0 Å². The van der Waals surface area contributed by atoms with E-state index in [1.807, 2.05) is 20.8 Å². The first-order valence-electron chi connectivity index (χ1n) is 13.5. The van der Waals surface area contributed by atoms with Gasteiger partial charge in [0.2, 0.25) is 0 Å². The quantitative estimate of drug-likeness (QED) is 0.409. The SMILES string of the molecule is C=C=C(C)CC.CC.CCC.Cc1ccc(Cc2cc(C)c(C(C)(C)CC(C)C)[nH]c2=O)c(C)c1. The Morgan fingerprint density at radius 1 is 1.00 bits per heavy atom. The van der Waals surface area contributed by atoms with E-state index in [9.17, 15) is 4.79 Å². The molecule has 0 aliphatic carbocycles. The Hall–Kier alpha value is -2.31. The number of H-pyrrole nitrogens is 1. The minimum Gasteiger partial charge on any atom is -0.325 e. The van der Waals surface area contributed by atoms with Crippen LogP contribution in [-0.4, -0.2) is 4.98 Å². The van der Waals surface area contributed by atoms with Crippen LogP contribution in [0.3, 0.4) is 0 Å². The molecule has 0 atom stereocenters. The van der Waals surface area contributed by atoms with E-state index in [-0.39, 0.29) is 11.0 Å². The molecule has 0 aliphatic rings. The third-order valence-electron chi connectivity index (χ3n) is 5.62. The maximum Gasteiger partial charge on any atom is 0.251 e. The second kappa shape index (κ2) is 18.0. The maximum atomic E-state index is 12.7. The number of aryl methyl sites for hydroxylation is 3. The summed E-state index contributed by atoms with van der Waals surface area (Å²) in [5.41, 5.74) is 10.9. The van der Waals surface area contributed by atoms with E-state index in [0.29, 0.717) is 12.3 Å². The van der Waals surface area contributed by atoms with Crippen molar-refractivity contribution < 1.29 is 0 Å². The number of pyridine rings is 1. The molecule has 1 aromatic heterocycles. The molecule has 0 saturated heterocycles. The second-order valence-corrected chi connectivity index (χ2v) is 10.3. The summed E-state index contributed by atoms with van der Waals surface area (Å²) < 4.78 is 0. The first-order chi connectivity index (χ1) is 16.3. The van der Waals surface area contributed by atoms with E-state index in [1.165, 1.54) is 34.2 Å². The van der Waals surface area contributed by atoms with Crippen molar-refractivity contribution in [3.05, 3.63) is 86.0 Å². The van der Waals surface area contributed by atoms with Crippen molar-refractivity contribution in [1.82, 2.24) is 4.98 Å². The topological polar surface area (TPSA) is 32.9 Å². The fraction of sp³-hybridized carbons (Fsp3) is 0.576. The van der Waals surface area contributed by atoms with Crippen LogP contribution in [0.1, 0.15) is 122 Å². The van der Waals surface area contributed by atoms with Crippen molar-refractivity contribution >= 4 is 0 Å². The summed E-state index contributed by atoms with van der Waals surface area (Å²) in [6.07, 6.45) is 4.07. The molecule has 2 aromatic rings. The van der Waals surface area contributed by atoms with Gasteiger partial charge in [0.25, 0.3) is 5.56 Å². The molecule has 198 valence electrons. The Labute approximate surface area is 218 Å². The van der Waals surface area contributed by atoms with Gasteiger partial charge in [0.1, 0.15) is 0 Å². The van der Waals surface area contributed by atoms with Gasteiger partial charge in [-0.25, -0.2) is 0 Å². The van der Waals surface area contributed by atoms with Crippen molar-refractivity contribution in [3.8, 4) is 0 Å². The van der Waals surface area contributed by atoms with Crippen LogP contribution in [0.15, 0.2) is 46.9 Å². The van der Waals surface area contributed by atoms with Crippen molar-refractivity contribution in [2.45, 2.75) is 121 Å². The van der Waals surface area contributed by atoms with Crippen LogP contribution in [0.25, 0.3) is 0 Å². The molecular formula is C33H55NO. The highest BCUT2D eigenvalue weighted by molar-refractivity contribution is 5.36. The lowest BCUT2D eigenvalue weighted by Gasteiger charge is -2.28. The number of hydrogen-bond acceptors (Lipinski definition) is 1. The highest BCUT2D eigenvalue weighted by Gasteiger charge is 2.25. The van der Waals surface area contributed by atoms with Crippen LogP contribution in [0, 0.1) is 26.7 Å². The van der Waals surface area contributed by atoms with Crippen LogP contribution >= 0.6 is 0 Å². The zero-order chi connectivity index (χ0) is 27.8. The van der Waals surface area contributed by atoms with Gasteiger partial charge >= 0.3 is 0 Å². The Balaban J connectivity index is 0. The molecule has 35 heavy (non-hydrogen) atoms. The third-order valence-corrected chi connectivity index (χ3v) is 5.62. The number of allylic oxidation sites excluding steroid dienone is 1. The van der Waals surface area contributed by atoms with Crippen LogP contribution in [-0.2, 0) is 11.8 Å². The van der Waals surface area contributed by atoms with E-state index in [2.05, 4.69) is 111 Å². The zero-order valence-electron chi connectivity index (χ0n) is 25.3. The van der Waals surface area contributed by atoms with E-state index >= 15 is 0 Å². The molecule has 1 aromatic carbocycles. The van der Waals surface area contributed by atoms with Crippen molar-refractivity contribution in [1.29, 1.82) is 0 Å². The molecule has 1 N–H and O–H groups in total. The molecular weight excluding hydrogens is 426 g/mol. The van der Waals surface area contributed by atoms with Crippen molar-refractivity contribution in [3.63, 3.8) is 0 Å². The molecule has 0 radical (unpaired) electrons. The van der Waals surface area contributed by atoms with Gasteiger partial charge in [-0.2, -0.15) is 0 Å². The molecule has 0 spiro atoms. The van der Waals surface area contributed by atoms with Gasteiger partial charge in [-0.05, 0) is 74.8 Å². The summed E-state index contributed by atoms with van der Waals surface area (Å²) in [5, 5.41) is 0. The van der Waals surface area contributed by atoms with E-state index in [1.54, 1.807) is 0 Å². The molecule has 0 unspecified atom stereocenters.